The smallest absolute Gasteiger partial charge is 0.327 e. The molecular formula is C23H34N2O5S. The molecule has 1 aromatic carbocycles. The number of hydrogen-bond acceptors (Lipinski definition) is 6. The maximum atomic E-state index is 13.2. The van der Waals surface area contributed by atoms with Crippen molar-refractivity contribution in [3.05, 3.63) is 24.0 Å². The number of carbonyl (C=O) groups excluding carboxylic acids is 1. The molecule has 0 spiro atoms. The van der Waals surface area contributed by atoms with E-state index in [0.717, 1.165) is 37.0 Å². The molecule has 1 heterocycles. The number of esters is 1. The fraction of sp³-hybridized carbons (Fsp3) is 0.652. The van der Waals surface area contributed by atoms with Crippen LogP contribution in [0.4, 0.5) is 0 Å². The van der Waals surface area contributed by atoms with Crippen molar-refractivity contribution in [2.45, 2.75) is 88.5 Å². The molecule has 0 aliphatic heterocycles. The first-order valence-electron chi connectivity index (χ1n) is 10.7. The highest BCUT2D eigenvalue weighted by Crippen LogP contribution is 2.35. The van der Waals surface area contributed by atoms with Gasteiger partial charge in [0.1, 0.15) is 5.82 Å². The van der Waals surface area contributed by atoms with Gasteiger partial charge in [-0.25, -0.2) is 13.4 Å². The van der Waals surface area contributed by atoms with Gasteiger partial charge in [0, 0.05) is 6.42 Å². The highest BCUT2D eigenvalue weighted by atomic mass is 32.2. The molecule has 0 radical (unpaired) electrons. The van der Waals surface area contributed by atoms with Gasteiger partial charge in [0.25, 0.3) is 0 Å². The summed E-state index contributed by atoms with van der Waals surface area (Å²) >= 11 is 0. The number of ether oxygens (including phenoxy) is 1. The molecule has 2 aromatic rings. The van der Waals surface area contributed by atoms with Gasteiger partial charge in [0.15, 0.2) is 14.6 Å². The Balaban J connectivity index is 2.12. The molecule has 1 saturated carbocycles. The van der Waals surface area contributed by atoms with Gasteiger partial charge in [-0.05, 0) is 50.3 Å². The van der Waals surface area contributed by atoms with Gasteiger partial charge in [-0.15, -0.1) is 0 Å². The second-order valence-electron chi connectivity index (χ2n) is 10.4. The standard InChI is InChI=1S/C23H34N2O5S/c1-21(2,3)14-19-24-17-13-16(31(28,29)22(4,5)20(26)30-6)9-10-18(17)25(19)15-23(27)11-7-8-12-23/h9-10,13,27H,7-8,11-12,14-15H2,1-6H3. The van der Waals surface area contributed by atoms with Crippen molar-refractivity contribution in [2.75, 3.05) is 7.11 Å². The summed E-state index contributed by atoms with van der Waals surface area (Å²) in [6.45, 7) is 9.49. The third-order valence-corrected chi connectivity index (χ3v) is 8.52. The highest BCUT2D eigenvalue weighted by Gasteiger charge is 2.44. The molecule has 7 nitrogen and oxygen atoms in total. The van der Waals surface area contributed by atoms with Gasteiger partial charge in [0.2, 0.25) is 0 Å². The van der Waals surface area contributed by atoms with Crippen molar-refractivity contribution in [3.8, 4) is 0 Å². The van der Waals surface area contributed by atoms with Gasteiger partial charge < -0.3 is 14.4 Å². The molecule has 1 aliphatic carbocycles. The molecule has 3 rings (SSSR count). The summed E-state index contributed by atoms with van der Waals surface area (Å²) in [7, 11) is -2.81. The molecule has 0 unspecified atom stereocenters. The van der Waals surface area contributed by atoms with E-state index in [1.807, 2.05) is 4.57 Å². The van der Waals surface area contributed by atoms with Gasteiger partial charge in [-0.2, -0.15) is 0 Å². The normalized spacial score (nSPS) is 17.3. The van der Waals surface area contributed by atoms with Crippen LogP contribution in [-0.2, 0) is 32.3 Å². The van der Waals surface area contributed by atoms with E-state index in [1.54, 1.807) is 6.07 Å². The lowest BCUT2D eigenvalue weighted by Crippen LogP contribution is -2.41. The van der Waals surface area contributed by atoms with Crippen LogP contribution in [0.1, 0.15) is 66.1 Å². The van der Waals surface area contributed by atoms with Crippen LogP contribution in [0, 0.1) is 5.41 Å². The molecule has 0 atom stereocenters. The van der Waals surface area contributed by atoms with Crippen LogP contribution in [0.5, 0.6) is 0 Å². The zero-order chi connectivity index (χ0) is 23.2. The zero-order valence-electron chi connectivity index (χ0n) is 19.4. The van der Waals surface area contributed by atoms with Crippen LogP contribution in [-0.4, -0.2) is 46.5 Å². The van der Waals surface area contributed by atoms with Crippen molar-refractivity contribution in [2.24, 2.45) is 5.41 Å². The van der Waals surface area contributed by atoms with Crippen molar-refractivity contribution < 1.29 is 23.1 Å². The van der Waals surface area contributed by atoms with Crippen molar-refractivity contribution in [1.29, 1.82) is 0 Å². The highest BCUT2D eigenvalue weighted by molar-refractivity contribution is 7.93. The molecule has 0 saturated heterocycles. The Morgan fingerprint density at radius 1 is 1.19 bits per heavy atom. The number of rotatable bonds is 6. The summed E-state index contributed by atoms with van der Waals surface area (Å²) in [6.07, 6.45) is 4.20. The number of aliphatic hydroxyl groups is 1. The maximum Gasteiger partial charge on any atom is 0.327 e. The molecule has 1 N–H and O–H groups in total. The van der Waals surface area contributed by atoms with E-state index in [2.05, 4.69) is 20.8 Å². The molecular weight excluding hydrogens is 416 g/mol. The molecule has 31 heavy (non-hydrogen) atoms. The molecule has 1 fully saturated rings. The summed E-state index contributed by atoms with van der Waals surface area (Å²) in [4.78, 5) is 16.9. The average Bonchev–Trinajstić information content (AvgIpc) is 3.23. The number of sulfone groups is 1. The summed E-state index contributed by atoms with van der Waals surface area (Å²) in [5, 5.41) is 11.0. The molecule has 0 amide bonds. The maximum absolute atomic E-state index is 13.2. The largest absolute Gasteiger partial charge is 0.468 e. The van der Waals surface area contributed by atoms with E-state index < -0.39 is 26.2 Å². The lowest BCUT2D eigenvalue weighted by atomic mass is 9.91. The predicted octanol–water partition coefficient (Wildman–Crippen LogP) is 3.66. The van der Waals surface area contributed by atoms with Crippen LogP contribution >= 0.6 is 0 Å². The van der Waals surface area contributed by atoms with Gasteiger partial charge in [0.05, 0.1) is 35.2 Å². The third kappa shape index (κ3) is 4.51. The first-order chi connectivity index (χ1) is 14.2. The Labute approximate surface area is 184 Å². The second kappa shape index (κ2) is 7.89. The van der Waals surface area contributed by atoms with E-state index in [1.165, 1.54) is 33.1 Å². The van der Waals surface area contributed by atoms with Crippen LogP contribution in [0.3, 0.4) is 0 Å². The molecule has 1 aromatic heterocycles. The summed E-state index contributed by atoms with van der Waals surface area (Å²) in [5.41, 5.74) is 0.536. The Morgan fingerprint density at radius 3 is 2.35 bits per heavy atom. The first kappa shape index (κ1) is 23.7. The number of aromatic nitrogens is 2. The van der Waals surface area contributed by atoms with Crippen molar-refractivity contribution >= 4 is 26.8 Å². The quantitative estimate of drug-likeness (QED) is 0.675. The van der Waals surface area contributed by atoms with E-state index in [9.17, 15) is 18.3 Å². The number of benzene rings is 1. The average molecular weight is 451 g/mol. The first-order valence-corrected chi connectivity index (χ1v) is 12.2. The van der Waals surface area contributed by atoms with Gasteiger partial charge in [-0.3, -0.25) is 4.79 Å². The van der Waals surface area contributed by atoms with Crippen LogP contribution in [0.25, 0.3) is 11.0 Å². The van der Waals surface area contributed by atoms with E-state index in [-0.39, 0.29) is 10.3 Å². The zero-order valence-corrected chi connectivity index (χ0v) is 20.2. The Morgan fingerprint density at radius 2 is 1.81 bits per heavy atom. The van der Waals surface area contributed by atoms with E-state index >= 15 is 0 Å². The predicted molar refractivity (Wildman–Crippen MR) is 120 cm³/mol. The summed E-state index contributed by atoms with van der Waals surface area (Å²) < 4.78 is 31.4. The lowest BCUT2D eigenvalue weighted by molar-refractivity contribution is -0.142. The van der Waals surface area contributed by atoms with Crippen molar-refractivity contribution in [3.63, 3.8) is 0 Å². The minimum Gasteiger partial charge on any atom is -0.468 e. The number of nitrogens with zero attached hydrogens (tertiary/aromatic N) is 2. The lowest BCUT2D eigenvalue weighted by Gasteiger charge is -2.26. The topological polar surface area (TPSA) is 98.5 Å². The minimum atomic E-state index is -3.99. The third-order valence-electron chi connectivity index (χ3n) is 6.13. The number of hydrogen-bond donors (Lipinski definition) is 1. The SMILES string of the molecule is COC(=O)C(C)(C)S(=O)(=O)c1ccc2c(c1)nc(CC(C)(C)C)n2CC1(O)CCCC1. The Bertz CT molecular complexity index is 1090. The Hall–Kier alpha value is -1.93. The van der Waals surface area contributed by atoms with Crippen LogP contribution in [0.15, 0.2) is 23.1 Å². The number of carbonyl (C=O) groups is 1. The van der Waals surface area contributed by atoms with Crippen LogP contribution < -0.4 is 0 Å². The minimum absolute atomic E-state index is 0.0286. The van der Waals surface area contributed by atoms with Crippen molar-refractivity contribution in [1.82, 2.24) is 9.55 Å². The molecule has 172 valence electrons. The van der Waals surface area contributed by atoms with Gasteiger partial charge in [-0.1, -0.05) is 33.6 Å². The monoisotopic (exact) mass is 450 g/mol. The number of imidazole rings is 1. The fourth-order valence-corrected chi connectivity index (χ4v) is 5.65. The number of fused-ring (bicyclic) bond motifs is 1. The second-order valence-corrected chi connectivity index (χ2v) is 12.9. The van der Waals surface area contributed by atoms with E-state index in [0.29, 0.717) is 18.5 Å². The fourth-order valence-electron chi connectivity index (χ4n) is 4.25. The van der Waals surface area contributed by atoms with Gasteiger partial charge >= 0.3 is 5.97 Å². The summed E-state index contributed by atoms with van der Waals surface area (Å²) in [6, 6.07) is 4.77. The van der Waals surface area contributed by atoms with E-state index in [4.69, 9.17) is 9.72 Å². The Kier molecular flexibility index (Phi) is 6.04. The molecule has 8 heteroatoms. The molecule has 0 bridgehead atoms. The summed E-state index contributed by atoms with van der Waals surface area (Å²) in [5.74, 6) is 0.0135. The van der Waals surface area contributed by atoms with Crippen LogP contribution in [0.2, 0.25) is 0 Å². The number of methoxy groups -OCH3 is 1. The molecule has 1 aliphatic rings.